The Kier molecular flexibility index (Phi) is 4.58. The molecule has 1 saturated heterocycles. The molecule has 1 fully saturated rings. The summed E-state index contributed by atoms with van der Waals surface area (Å²) in [7, 11) is 0. The van der Waals surface area contributed by atoms with Crippen LogP contribution in [0.25, 0.3) is 0 Å². The number of carbonyl (C=O) groups excluding carboxylic acids is 1. The van der Waals surface area contributed by atoms with Gasteiger partial charge >= 0.3 is 5.97 Å². The Balaban J connectivity index is 1.94. The van der Waals surface area contributed by atoms with Crippen LogP contribution in [0.2, 0.25) is 0 Å². The van der Waals surface area contributed by atoms with E-state index in [-0.39, 0.29) is 23.4 Å². The number of nitrogens with zero attached hydrogens (tertiary/aromatic N) is 5. The molecule has 0 saturated carbocycles. The molecule has 0 aliphatic carbocycles. The van der Waals surface area contributed by atoms with E-state index in [0.29, 0.717) is 36.4 Å². The number of aliphatic carboxylic acids is 1. The van der Waals surface area contributed by atoms with Crippen molar-refractivity contribution in [3.63, 3.8) is 0 Å². The fourth-order valence-electron chi connectivity index (χ4n) is 3.51. The maximum absolute atomic E-state index is 15.3. The van der Waals surface area contributed by atoms with Crippen molar-refractivity contribution in [1.82, 2.24) is 14.3 Å². The number of carboxylic acids is 1. The van der Waals surface area contributed by atoms with Crippen molar-refractivity contribution in [2.75, 3.05) is 18.0 Å². The molecular weight excluding hydrogens is 385 g/mol. The van der Waals surface area contributed by atoms with Gasteiger partial charge in [0.05, 0.1) is 0 Å². The molecule has 0 amide bonds. The number of carbonyl (C=O) groups is 2. The average Bonchev–Trinajstić information content (AvgIpc) is 3.14. The molecule has 0 unspecified atom stereocenters. The number of Topliss-reactive ketones (excluding diaryl/α,β-unsaturated/α-hetero) is 1. The van der Waals surface area contributed by atoms with Crippen LogP contribution in [0.5, 0.6) is 0 Å². The summed E-state index contributed by atoms with van der Waals surface area (Å²) in [6.07, 6.45) is 3.10. The second kappa shape index (κ2) is 6.93. The number of aliphatic imine (C=N–C) groups is 1. The van der Waals surface area contributed by atoms with Gasteiger partial charge in [0.15, 0.2) is 17.4 Å². The molecule has 2 bridgehead atoms. The highest BCUT2D eigenvalue weighted by atomic mass is 32.1. The summed E-state index contributed by atoms with van der Waals surface area (Å²) >= 11 is 1.04. The van der Waals surface area contributed by atoms with Crippen LogP contribution in [0.4, 0.5) is 9.52 Å². The first-order chi connectivity index (χ1) is 13.4. The fourth-order valence-corrected chi connectivity index (χ4v) is 4.04. The summed E-state index contributed by atoms with van der Waals surface area (Å²) in [4.78, 5) is 36.6. The third-order valence-corrected chi connectivity index (χ3v) is 5.68. The smallest absolute Gasteiger partial charge is 0.341 e. The van der Waals surface area contributed by atoms with Gasteiger partial charge in [0.25, 0.3) is 0 Å². The molecule has 4 rings (SSSR count). The van der Waals surface area contributed by atoms with Crippen molar-refractivity contribution >= 4 is 34.3 Å². The molecule has 8 nitrogen and oxygen atoms in total. The van der Waals surface area contributed by atoms with E-state index in [2.05, 4.69) is 21.3 Å². The third kappa shape index (κ3) is 3.03. The molecule has 3 aliphatic rings. The number of hydrogen-bond acceptors (Lipinski definition) is 8. The Morgan fingerprint density at radius 1 is 1.36 bits per heavy atom. The van der Waals surface area contributed by atoms with Gasteiger partial charge in [-0.15, -0.1) is 0 Å². The molecule has 1 aromatic rings. The lowest BCUT2D eigenvalue weighted by atomic mass is 9.92. The Bertz CT molecular complexity index is 973. The number of hydrogen-bond donors (Lipinski definition) is 1. The maximum Gasteiger partial charge on any atom is 0.341 e. The van der Waals surface area contributed by atoms with Crippen LogP contribution in [0, 0.1) is 5.92 Å². The summed E-state index contributed by atoms with van der Waals surface area (Å²) in [5.74, 6) is -1.62. The van der Waals surface area contributed by atoms with Crippen molar-refractivity contribution in [3.05, 3.63) is 40.9 Å². The van der Waals surface area contributed by atoms with Crippen LogP contribution in [0.15, 0.2) is 45.9 Å². The first-order valence-electron chi connectivity index (χ1n) is 8.85. The monoisotopic (exact) mass is 403 g/mol. The molecule has 146 valence electrons. The van der Waals surface area contributed by atoms with Gasteiger partial charge in [0, 0.05) is 42.8 Å². The highest BCUT2D eigenvalue weighted by molar-refractivity contribution is 7.09. The van der Waals surface area contributed by atoms with E-state index in [1.54, 1.807) is 0 Å². The molecule has 1 N–H and O–H groups in total. The summed E-state index contributed by atoms with van der Waals surface area (Å²) in [5.41, 5.74) is -0.133. The van der Waals surface area contributed by atoms with Crippen LogP contribution >= 0.6 is 11.5 Å². The summed E-state index contributed by atoms with van der Waals surface area (Å²) < 4.78 is 19.3. The molecule has 10 heteroatoms. The average molecular weight is 403 g/mol. The Morgan fingerprint density at radius 2 is 2.11 bits per heavy atom. The predicted molar refractivity (Wildman–Crippen MR) is 101 cm³/mol. The zero-order valence-corrected chi connectivity index (χ0v) is 16.2. The van der Waals surface area contributed by atoms with Crippen molar-refractivity contribution in [2.24, 2.45) is 10.9 Å². The lowest BCUT2D eigenvalue weighted by Gasteiger charge is -2.40. The van der Waals surface area contributed by atoms with Crippen molar-refractivity contribution in [1.29, 1.82) is 0 Å². The van der Waals surface area contributed by atoms with Gasteiger partial charge in [-0.05, 0) is 24.8 Å². The largest absolute Gasteiger partial charge is 0.477 e. The molecule has 4 heterocycles. The number of ketones is 1. The molecule has 0 spiro atoms. The quantitative estimate of drug-likeness (QED) is 0.774. The number of likely N-dealkylation sites (tertiary alicyclic amines) is 1. The Hall–Kier alpha value is -2.88. The molecule has 0 radical (unpaired) electrons. The summed E-state index contributed by atoms with van der Waals surface area (Å²) in [6, 6.07) is 0. The second-order valence-corrected chi connectivity index (χ2v) is 7.81. The fraction of sp³-hybridized carbons (Fsp3) is 0.389. The van der Waals surface area contributed by atoms with Crippen molar-refractivity contribution in [3.8, 4) is 0 Å². The normalized spacial score (nSPS) is 21.0. The molecule has 0 atom stereocenters. The van der Waals surface area contributed by atoms with Gasteiger partial charge in [-0.2, -0.15) is 4.37 Å². The van der Waals surface area contributed by atoms with Crippen LogP contribution < -0.4 is 4.90 Å². The lowest BCUT2D eigenvalue weighted by molar-refractivity contribution is -0.134. The number of allylic oxidation sites excluding steroid dienone is 3. The molecular formula is C18H18FN5O3S. The minimum atomic E-state index is -1.38. The van der Waals surface area contributed by atoms with Crippen LogP contribution in [0.1, 0.15) is 26.7 Å². The number of rotatable bonds is 3. The van der Waals surface area contributed by atoms with Gasteiger partial charge in [-0.3, -0.25) is 9.69 Å². The van der Waals surface area contributed by atoms with E-state index in [0.717, 1.165) is 11.5 Å². The number of amidine groups is 1. The highest BCUT2D eigenvalue weighted by Gasteiger charge is 2.35. The molecule has 28 heavy (non-hydrogen) atoms. The number of anilines is 1. The molecule has 1 aromatic heterocycles. The third-order valence-electron chi connectivity index (χ3n) is 5.02. The van der Waals surface area contributed by atoms with Gasteiger partial charge < -0.3 is 10.0 Å². The topological polar surface area (TPSA) is 99.0 Å². The first kappa shape index (κ1) is 18.5. The standard InChI is InChI=1S/C18H18FN5O3S/c1-9-5-23(6-9)16-14(19)10(2)11-3-4-13(22-16)24(18-20-8-21-28-18)7-12(15(11)25)17(26)27/h7-9H,3-6H2,1-2H3,(H,26,27). The van der Waals surface area contributed by atoms with Gasteiger partial charge in [-0.25, -0.2) is 19.2 Å². The molecule has 3 aliphatic heterocycles. The Morgan fingerprint density at radius 3 is 2.71 bits per heavy atom. The van der Waals surface area contributed by atoms with Crippen molar-refractivity contribution < 1.29 is 19.1 Å². The zero-order chi connectivity index (χ0) is 20.0. The molecule has 0 aromatic carbocycles. The van der Waals surface area contributed by atoms with E-state index >= 15 is 4.39 Å². The van der Waals surface area contributed by atoms with E-state index in [1.165, 1.54) is 24.4 Å². The lowest BCUT2D eigenvalue weighted by Crippen LogP contribution is -2.45. The maximum atomic E-state index is 15.3. The highest BCUT2D eigenvalue weighted by Crippen LogP contribution is 2.35. The minimum Gasteiger partial charge on any atom is -0.477 e. The predicted octanol–water partition coefficient (Wildman–Crippen LogP) is 2.49. The van der Waals surface area contributed by atoms with Crippen LogP contribution in [0.3, 0.4) is 0 Å². The number of fused-ring (bicyclic) bond motifs is 3. The van der Waals surface area contributed by atoms with Gasteiger partial charge in [0.2, 0.25) is 5.13 Å². The van der Waals surface area contributed by atoms with Gasteiger partial charge in [0.1, 0.15) is 17.7 Å². The first-order valence-corrected chi connectivity index (χ1v) is 9.62. The number of aromatic nitrogens is 2. The SMILES string of the molecule is CC1=C2CCC(=NC(N3CC(C)C3)=C1F)N(c1ncns1)C=C(C(=O)O)C2=O. The van der Waals surface area contributed by atoms with Crippen LogP contribution in [-0.2, 0) is 9.59 Å². The van der Waals surface area contributed by atoms with E-state index in [4.69, 9.17) is 0 Å². The van der Waals surface area contributed by atoms with Crippen LogP contribution in [-0.4, -0.2) is 50.0 Å². The van der Waals surface area contributed by atoms with Gasteiger partial charge in [-0.1, -0.05) is 6.92 Å². The van der Waals surface area contributed by atoms with E-state index < -0.39 is 23.2 Å². The van der Waals surface area contributed by atoms with E-state index in [1.807, 2.05) is 4.90 Å². The number of halogens is 1. The Labute approximate surface area is 164 Å². The summed E-state index contributed by atoms with van der Waals surface area (Å²) in [6.45, 7) is 4.92. The number of carboxylic acid groups (broad SMARTS) is 1. The second-order valence-electron chi connectivity index (χ2n) is 7.05. The zero-order valence-electron chi connectivity index (χ0n) is 15.3. The van der Waals surface area contributed by atoms with Crippen molar-refractivity contribution in [2.45, 2.75) is 26.7 Å². The van der Waals surface area contributed by atoms with E-state index in [9.17, 15) is 14.7 Å². The summed E-state index contributed by atoms with van der Waals surface area (Å²) in [5, 5.41) is 9.94. The minimum absolute atomic E-state index is 0.152.